The van der Waals surface area contributed by atoms with Gasteiger partial charge in [0.2, 0.25) is 0 Å². The summed E-state index contributed by atoms with van der Waals surface area (Å²) in [5.41, 5.74) is 0. The largest absolute Gasteiger partial charge is 0.317 e. The van der Waals surface area contributed by atoms with Crippen LogP contribution < -0.4 is 0 Å². The Bertz CT molecular complexity index is 508. The zero-order chi connectivity index (χ0) is 12.9. The molecule has 92 valence electrons. The van der Waals surface area contributed by atoms with E-state index in [1.807, 2.05) is 0 Å². The van der Waals surface area contributed by atoms with E-state index in [1.165, 1.54) is 31.3 Å². The SMILES string of the molecule is C/C=C/C(=O)N(C)OS(=O)(=O)c1ccccc1. The summed E-state index contributed by atoms with van der Waals surface area (Å²) >= 11 is 0. The summed E-state index contributed by atoms with van der Waals surface area (Å²) in [6.45, 7) is 1.65. The maximum Gasteiger partial charge on any atom is 0.317 e. The van der Waals surface area contributed by atoms with E-state index in [9.17, 15) is 13.2 Å². The van der Waals surface area contributed by atoms with Crippen LogP contribution in [-0.4, -0.2) is 26.4 Å². The standard InChI is InChI=1S/C11H13NO4S/c1-3-7-11(13)12(2)16-17(14,15)10-8-5-4-6-9-10/h3-9H,1-2H3/b7-3+. The van der Waals surface area contributed by atoms with Gasteiger partial charge in [-0.3, -0.25) is 4.79 Å². The molecule has 17 heavy (non-hydrogen) atoms. The molecule has 0 fully saturated rings. The average Bonchev–Trinajstić information content (AvgIpc) is 2.30. The van der Waals surface area contributed by atoms with Crippen molar-refractivity contribution in [2.24, 2.45) is 0 Å². The molecule has 0 aliphatic heterocycles. The number of hydrogen-bond acceptors (Lipinski definition) is 4. The first kappa shape index (κ1) is 13.4. The Morgan fingerprint density at radius 1 is 1.29 bits per heavy atom. The first-order chi connectivity index (χ1) is 7.97. The lowest BCUT2D eigenvalue weighted by molar-refractivity contribution is -0.145. The minimum atomic E-state index is -3.95. The van der Waals surface area contributed by atoms with E-state index >= 15 is 0 Å². The van der Waals surface area contributed by atoms with Crippen molar-refractivity contribution < 1.29 is 17.5 Å². The topological polar surface area (TPSA) is 63.7 Å². The van der Waals surface area contributed by atoms with E-state index in [1.54, 1.807) is 25.1 Å². The van der Waals surface area contributed by atoms with Gasteiger partial charge in [0, 0.05) is 13.1 Å². The van der Waals surface area contributed by atoms with Crippen LogP contribution in [0.15, 0.2) is 47.4 Å². The van der Waals surface area contributed by atoms with Crippen LogP contribution in [0.2, 0.25) is 0 Å². The summed E-state index contributed by atoms with van der Waals surface area (Å²) in [7, 11) is -2.71. The van der Waals surface area contributed by atoms with Crippen LogP contribution in [0, 0.1) is 0 Å². The summed E-state index contributed by atoms with van der Waals surface area (Å²) in [6, 6.07) is 7.62. The van der Waals surface area contributed by atoms with Gasteiger partial charge in [0.1, 0.15) is 0 Å². The van der Waals surface area contributed by atoms with E-state index in [0.29, 0.717) is 5.06 Å². The number of amides is 1. The second kappa shape index (κ2) is 5.60. The van der Waals surface area contributed by atoms with Gasteiger partial charge in [-0.05, 0) is 19.1 Å². The van der Waals surface area contributed by atoms with Gasteiger partial charge in [0.15, 0.2) is 0 Å². The first-order valence-electron chi connectivity index (χ1n) is 4.87. The predicted molar refractivity (Wildman–Crippen MR) is 62.3 cm³/mol. The van der Waals surface area contributed by atoms with Crippen molar-refractivity contribution in [1.82, 2.24) is 5.06 Å². The molecule has 0 radical (unpaired) electrons. The Labute approximate surface area is 100 Å². The average molecular weight is 255 g/mol. The van der Waals surface area contributed by atoms with Gasteiger partial charge in [-0.2, -0.15) is 8.42 Å². The Kier molecular flexibility index (Phi) is 4.42. The summed E-state index contributed by atoms with van der Waals surface area (Å²) in [4.78, 5) is 11.3. The van der Waals surface area contributed by atoms with Gasteiger partial charge in [0.25, 0.3) is 5.91 Å². The van der Waals surface area contributed by atoms with E-state index in [0.717, 1.165) is 0 Å². The van der Waals surface area contributed by atoms with Crippen LogP contribution in [-0.2, 0) is 19.2 Å². The molecule has 0 unspecified atom stereocenters. The first-order valence-corrected chi connectivity index (χ1v) is 6.28. The number of hydroxylamine groups is 2. The zero-order valence-electron chi connectivity index (χ0n) is 9.53. The minimum absolute atomic E-state index is 0.000119. The lowest BCUT2D eigenvalue weighted by atomic mass is 10.4. The highest BCUT2D eigenvalue weighted by Gasteiger charge is 2.19. The second-order valence-electron chi connectivity index (χ2n) is 3.18. The van der Waals surface area contributed by atoms with Gasteiger partial charge in [0.05, 0.1) is 4.90 Å². The molecular weight excluding hydrogens is 242 g/mol. The van der Waals surface area contributed by atoms with Gasteiger partial charge in [-0.15, -0.1) is 4.28 Å². The Balaban J connectivity index is 2.85. The third-order valence-corrected chi connectivity index (χ3v) is 3.13. The Morgan fingerprint density at radius 2 is 1.88 bits per heavy atom. The molecular formula is C11H13NO4S. The van der Waals surface area contributed by atoms with Crippen molar-refractivity contribution in [3.63, 3.8) is 0 Å². The molecule has 1 amide bonds. The number of carbonyl (C=O) groups is 1. The lowest BCUT2D eigenvalue weighted by Crippen LogP contribution is -2.28. The highest BCUT2D eigenvalue weighted by molar-refractivity contribution is 7.86. The molecule has 0 aromatic heterocycles. The fourth-order valence-electron chi connectivity index (χ4n) is 1.06. The van der Waals surface area contributed by atoms with Crippen LogP contribution in [0.25, 0.3) is 0 Å². The van der Waals surface area contributed by atoms with Crippen molar-refractivity contribution in [2.75, 3.05) is 7.05 Å². The predicted octanol–water partition coefficient (Wildman–Crippen LogP) is 1.34. The summed E-state index contributed by atoms with van der Waals surface area (Å²) in [6.07, 6.45) is 2.71. The molecule has 0 atom stereocenters. The molecule has 0 bridgehead atoms. The molecule has 1 aromatic rings. The fraction of sp³-hybridized carbons (Fsp3) is 0.182. The van der Waals surface area contributed by atoms with Gasteiger partial charge in [-0.1, -0.05) is 24.3 Å². The number of nitrogens with zero attached hydrogens (tertiary/aromatic N) is 1. The normalized spacial score (nSPS) is 11.6. The van der Waals surface area contributed by atoms with Crippen LogP contribution >= 0.6 is 0 Å². The van der Waals surface area contributed by atoms with Crippen molar-refractivity contribution in [1.29, 1.82) is 0 Å². The van der Waals surface area contributed by atoms with Crippen LogP contribution in [0.5, 0.6) is 0 Å². The van der Waals surface area contributed by atoms with Crippen molar-refractivity contribution >= 4 is 16.0 Å². The van der Waals surface area contributed by atoms with Crippen molar-refractivity contribution in [3.8, 4) is 0 Å². The smallest absolute Gasteiger partial charge is 0.267 e. The zero-order valence-corrected chi connectivity index (χ0v) is 10.3. The van der Waals surface area contributed by atoms with Gasteiger partial charge < -0.3 is 0 Å². The quantitative estimate of drug-likeness (QED) is 0.601. The second-order valence-corrected chi connectivity index (χ2v) is 4.71. The number of likely N-dealkylation sites (N-methyl/N-ethyl adjacent to an activating group) is 1. The summed E-state index contributed by atoms with van der Waals surface area (Å²) in [5, 5.41) is 0.669. The number of carbonyl (C=O) groups excluding carboxylic acids is 1. The fourth-order valence-corrected chi connectivity index (χ4v) is 2.01. The maximum absolute atomic E-state index is 11.7. The Morgan fingerprint density at radius 3 is 2.41 bits per heavy atom. The highest BCUT2D eigenvalue weighted by Crippen LogP contribution is 2.12. The van der Waals surface area contributed by atoms with Crippen molar-refractivity contribution in [2.45, 2.75) is 11.8 Å². The van der Waals surface area contributed by atoms with Gasteiger partial charge in [-0.25, -0.2) is 5.06 Å². The molecule has 0 saturated carbocycles. The van der Waals surface area contributed by atoms with Crippen LogP contribution in [0.1, 0.15) is 6.92 Å². The van der Waals surface area contributed by atoms with Crippen LogP contribution in [0.3, 0.4) is 0 Å². The van der Waals surface area contributed by atoms with Crippen molar-refractivity contribution in [3.05, 3.63) is 42.5 Å². The van der Waals surface area contributed by atoms with Crippen LogP contribution in [0.4, 0.5) is 0 Å². The highest BCUT2D eigenvalue weighted by atomic mass is 32.2. The Hall–Kier alpha value is -1.66. The van der Waals surface area contributed by atoms with E-state index in [-0.39, 0.29) is 4.90 Å². The molecule has 0 N–H and O–H groups in total. The van der Waals surface area contributed by atoms with E-state index < -0.39 is 16.0 Å². The van der Waals surface area contributed by atoms with Gasteiger partial charge >= 0.3 is 10.1 Å². The number of benzene rings is 1. The molecule has 1 rings (SSSR count). The molecule has 5 nitrogen and oxygen atoms in total. The molecule has 0 spiro atoms. The molecule has 0 heterocycles. The third-order valence-electron chi connectivity index (χ3n) is 1.86. The molecule has 6 heteroatoms. The molecule has 1 aromatic carbocycles. The van der Waals surface area contributed by atoms with E-state index in [4.69, 9.17) is 0 Å². The monoisotopic (exact) mass is 255 g/mol. The number of hydrogen-bond donors (Lipinski definition) is 0. The minimum Gasteiger partial charge on any atom is -0.267 e. The summed E-state index contributed by atoms with van der Waals surface area (Å²) < 4.78 is 28.1. The molecule has 0 aliphatic carbocycles. The number of rotatable bonds is 4. The van der Waals surface area contributed by atoms with E-state index in [2.05, 4.69) is 4.28 Å². The number of allylic oxidation sites excluding steroid dienone is 1. The molecule has 0 aliphatic rings. The third kappa shape index (κ3) is 3.69. The summed E-state index contributed by atoms with van der Waals surface area (Å²) in [5.74, 6) is -0.549. The maximum atomic E-state index is 11.7. The lowest BCUT2D eigenvalue weighted by Gasteiger charge is -2.14. The molecule has 0 saturated heterocycles.